The molecule has 4 heteroatoms. The lowest BCUT2D eigenvalue weighted by atomic mass is 10.2. The lowest BCUT2D eigenvalue weighted by Gasteiger charge is -2.00. The molecule has 0 aromatic heterocycles. The molecule has 0 radical (unpaired) electrons. The SMILES string of the molecule is N#Cc1ccc(NC=O)c(I)c1. The molecular formula is C8H5IN2O. The van der Waals surface area contributed by atoms with E-state index in [9.17, 15) is 4.79 Å². The van der Waals surface area contributed by atoms with E-state index in [1.165, 1.54) is 0 Å². The van der Waals surface area contributed by atoms with Crippen LogP contribution in [0.5, 0.6) is 0 Å². The fourth-order valence-corrected chi connectivity index (χ4v) is 1.44. The van der Waals surface area contributed by atoms with Gasteiger partial charge in [0.15, 0.2) is 0 Å². The van der Waals surface area contributed by atoms with Crippen LogP contribution in [0.1, 0.15) is 5.56 Å². The van der Waals surface area contributed by atoms with Gasteiger partial charge in [0.1, 0.15) is 0 Å². The van der Waals surface area contributed by atoms with E-state index in [4.69, 9.17) is 5.26 Å². The minimum absolute atomic E-state index is 0.593. The van der Waals surface area contributed by atoms with Crippen LogP contribution < -0.4 is 5.32 Å². The number of hydrogen-bond acceptors (Lipinski definition) is 2. The van der Waals surface area contributed by atoms with Crippen molar-refractivity contribution in [2.24, 2.45) is 0 Å². The van der Waals surface area contributed by atoms with Crippen LogP contribution in [-0.4, -0.2) is 6.41 Å². The monoisotopic (exact) mass is 272 g/mol. The molecule has 0 aliphatic carbocycles. The number of benzene rings is 1. The minimum Gasteiger partial charge on any atom is -0.328 e. The molecule has 0 saturated heterocycles. The Morgan fingerprint density at radius 1 is 1.58 bits per heavy atom. The van der Waals surface area contributed by atoms with Crippen molar-refractivity contribution >= 4 is 34.7 Å². The first-order valence-corrected chi connectivity index (χ1v) is 4.25. The summed E-state index contributed by atoms with van der Waals surface area (Å²) in [6, 6.07) is 7.09. The lowest BCUT2D eigenvalue weighted by Crippen LogP contribution is -1.96. The first kappa shape index (κ1) is 9.00. The van der Waals surface area contributed by atoms with Crippen LogP contribution >= 0.6 is 22.6 Å². The van der Waals surface area contributed by atoms with Crippen molar-refractivity contribution < 1.29 is 4.79 Å². The van der Waals surface area contributed by atoms with Crippen LogP contribution in [0.2, 0.25) is 0 Å². The van der Waals surface area contributed by atoms with Gasteiger partial charge in [-0.25, -0.2) is 0 Å². The van der Waals surface area contributed by atoms with Gasteiger partial charge in [0, 0.05) is 3.57 Å². The van der Waals surface area contributed by atoms with Crippen molar-refractivity contribution in [3.8, 4) is 6.07 Å². The van der Waals surface area contributed by atoms with Gasteiger partial charge in [-0.1, -0.05) is 0 Å². The highest BCUT2D eigenvalue weighted by molar-refractivity contribution is 14.1. The predicted octanol–water partition coefficient (Wildman–Crippen LogP) is 1.73. The first-order valence-electron chi connectivity index (χ1n) is 3.18. The van der Waals surface area contributed by atoms with Gasteiger partial charge < -0.3 is 5.32 Å². The topological polar surface area (TPSA) is 52.9 Å². The summed E-state index contributed by atoms with van der Waals surface area (Å²) in [5.41, 5.74) is 1.32. The van der Waals surface area contributed by atoms with Crippen molar-refractivity contribution in [3.05, 3.63) is 27.3 Å². The van der Waals surface area contributed by atoms with E-state index in [2.05, 4.69) is 27.9 Å². The van der Waals surface area contributed by atoms with Gasteiger partial charge in [0.2, 0.25) is 6.41 Å². The Morgan fingerprint density at radius 3 is 2.83 bits per heavy atom. The highest BCUT2D eigenvalue weighted by Crippen LogP contribution is 2.18. The average Bonchev–Trinajstić information content (AvgIpc) is 2.09. The first-order chi connectivity index (χ1) is 5.77. The molecule has 1 amide bonds. The van der Waals surface area contributed by atoms with Gasteiger partial charge in [-0.05, 0) is 40.8 Å². The number of nitriles is 1. The van der Waals surface area contributed by atoms with Gasteiger partial charge in [-0.3, -0.25) is 4.79 Å². The third-order valence-corrected chi connectivity index (χ3v) is 2.21. The second kappa shape index (κ2) is 4.07. The van der Waals surface area contributed by atoms with E-state index >= 15 is 0 Å². The molecule has 3 nitrogen and oxygen atoms in total. The summed E-state index contributed by atoms with van der Waals surface area (Å²) in [4.78, 5) is 10.1. The van der Waals surface area contributed by atoms with Crippen LogP contribution in [0.15, 0.2) is 18.2 Å². The molecule has 1 aromatic rings. The van der Waals surface area contributed by atoms with Gasteiger partial charge in [0.05, 0.1) is 17.3 Å². The Balaban J connectivity index is 3.04. The van der Waals surface area contributed by atoms with E-state index in [0.717, 1.165) is 9.26 Å². The Labute approximate surface area is 83.5 Å². The maximum absolute atomic E-state index is 10.1. The van der Waals surface area contributed by atoms with E-state index in [0.29, 0.717) is 12.0 Å². The Morgan fingerprint density at radius 2 is 2.33 bits per heavy atom. The third-order valence-electron chi connectivity index (χ3n) is 1.31. The number of hydrogen-bond donors (Lipinski definition) is 1. The molecule has 12 heavy (non-hydrogen) atoms. The fourth-order valence-electron chi connectivity index (χ4n) is 0.765. The summed E-state index contributed by atoms with van der Waals surface area (Å²) < 4.78 is 0.860. The number of halogens is 1. The molecule has 1 N–H and O–H groups in total. The number of nitrogens with zero attached hydrogens (tertiary/aromatic N) is 1. The molecule has 0 fully saturated rings. The van der Waals surface area contributed by atoms with Crippen LogP contribution in [0.3, 0.4) is 0 Å². The van der Waals surface area contributed by atoms with Crippen LogP contribution in [0, 0.1) is 14.9 Å². The third kappa shape index (κ3) is 1.95. The van der Waals surface area contributed by atoms with Gasteiger partial charge in [0.25, 0.3) is 0 Å². The highest BCUT2D eigenvalue weighted by atomic mass is 127. The van der Waals surface area contributed by atoms with Gasteiger partial charge in [-0.15, -0.1) is 0 Å². The van der Waals surface area contributed by atoms with Crippen molar-refractivity contribution in [1.29, 1.82) is 5.26 Å². The zero-order valence-corrected chi connectivity index (χ0v) is 8.20. The average molecular weight is 272 g/mol. The number of nitrogens with one attached hydrogen (secondary N) is 1. The molecule has 0 aliphatic heterocycles. The second-order valence-corrected chi connectivity index (χ2v) is 3.23. The van der Waals surface area contributed by atoms with Crippen LogP contribution in [-0.2, 0) is 4.79 Å². The standard InChI is InChI=1S/C8H5IN2O/c9-7-3-6(4-10)1-2-8(7)11-5-12/h1-3,5H,(H,11,12). The molecular weight excluding hydrogens is 267 g/mol. The van der Waals surface area contributed by atoms with E-state index in [1.807, 2.05) is 6.07 Å². The van der Waals surface area contributed by atoms with E-state index in [-0.39, 0.29) is 0 Å². The lowest BCUT2D eigenvalue weighted by molar-refractivity contribution is -0.105. The quantitative estimate of drug-likeness (QED) is 0.658. The maximum Gasteiger partial charge on any atom is 0.211 e. The number of amides is 1. The zero-order chi connectivity index (χ0) is 8.97. The van der Waals surface area contributed by atoms with Crippen molar-refractivity contribution in [2.45, 2.75) is 0 Å². The van der Waals surface area contributed by atoms with Crippen LogP contribution in [0.4, 0.5) is 5.69 Å². The molecule has 1 aromatic carbocycles. The van der Waals surface area contributed by atoms with Crippen molar-refractivity contribution in [1.82, 2.24) is 0 Å². The Hall–Kier alpha value is -1.09. The number of rotatable bonds is 2. The normalized spacial score (nSPS) is 8.67. The molecule has 60 valence electrons. The smallest absolute Gasteiger partial charge is 0.211 e. The Kier molecular flexibility index (Phi) is 3.05. The molecule has 1 rings (SSSR count). The second-order valence-electron chi connectivity index (χ2n) is 2.07. The fraction of sp³-hybridized carbons (Fsp3) is 0. The highest BCUT2D eigenvalue weighted by Gasteiger charge is 1.98. The molecule has 0 aliphatic rings. The predicted molar refractivity (Wildman–Crippen MR) is 53.6 cm³/mol. The van der Waals surface area contributed by atoms with Crippen LogP contribution in [0.25, 0.3) is 0 Å². The zero-order valence-electron chi connectivity index (χ0n) is 6.04. The largest absolute Gasteiger partial charge is 0.328 e. The summed E-state index contributed by atoms with van der Waals surface area (Å²) in [5.74, 6) is 0. The molecule has 0 saturated carbocycles. The molecule has 0 bridgehead atoms. The maximum atomic E-state index is 10.1. The number of anilines is 1. The molecule has 0 unspecified atom stereocenters. The van der Waals surface area contributed by atoms with E-state index < -0.39 is 0 Å². The molecule has 0 spiro atoms. The number of carbonyl (C=O) groups excluding carboxylic acids is 1. The van der Waals surface area contributed by atoms with E-state index in [1.54, 1.807) is 18.2 Å². The summed E-state index contributed by atoms with van der Waals surface area (Å²) >= 11 is 2.06. The summed E-state index contributed by atoms with van der Waals surface area (Å²) in [5, 5.41) is 11.1. The van der Waals surface area contributed by atoms with Crippen molar-refractivity contribution in [2.75, 3.05) is 5.32 Å². The van der Waals surface area contributed by atoms with Gasteiger partial charge >= 0.3 is 0 Å². The Bertz CT molecular complexity index is 343. The summed E-state index contributed by atoms with van der Waals surface area (Å²) in [6.07, 6.45) is 0.615. The molecule has 0 heterocycles. The molecule has 0 atom stereocenters. The minimum atomic E-state index is 0.593. The summed E-state index contributed by atoms with van der Waals surface area (Å²) in [7, 11) is 0. The number of carbonyl (C=O) groups is 1. The summed E-state index contributed by atoms with van der Waals surface area (Å²) in [6.45, 7) is 0. The van der Waals surface area contributed by atoms with Crippen molar-refractivity contribution in [3.63, 3.8) is 0 Å². The van der Waals surface area contributed by atoms with Gasteiger partial charge in [-0.2, -0.15) is 5.26 Å².